The topological polar surface area (TPSA) is 98.8 Å². The number of anilines is 3. The van der Waals surface area contributed by atoms with E-state index in [2.05, 4.69) is 10.6 Å². The van der Waals surface area contributed by atoms with E-state index in [-0.39, 0.29) is 18.4 Å². The number of para-hydroxylation sites is 2. The minimum absolute atomic E-state index is 0.219. The van der Waals surface area contributed by atoms with Gasteiger partial charge in [0.2, 0.25) is 17.7 Å². The van der Waals surface area contributed by atoms with Crippen molar-refractivity contribution in [1.82, 2.24) is 5.32 Å². The number of benzene rings is 3. The second-order valence-electron chi connectivity index (χ2n) is 9.91. The van der Waals surface area contributed by atoms with Crippen molar-refractivity contribution in [2.75, 3.05) is 21.7 Å². The third-order valence-corrected chi connectivity index (χ3v) is 7.67. The second-order valence-corrected chi connectivity index (χ2v) is 9.91. The fourth-order valence-corrected chi connectivity index (χ4v) is 6.08. The number of nitrogens with zero attached hydrogens (tertiary/aromatic N) is 2. The summed E-state index contributed by atoms with van der Waals surface area (Å²) in [4.78, 5) is 57.3. The van der Waals surface area contributed by atoms with E-state index in [1.54, 1.807) is 48.5 Å². The molecular weight excluding hydrogens is 468 g/mol. The summed E-state index contributed by atoms with van der Waals surface area (Å²) >= 11 is 0. The van der Waals surface area contributed by atoms with Crippen LogP contribution in [0.15, 0.2) is 78.9 Å². The molecule has 37 heavy (non-hydrogen) atoms. The van der Waals surface area contributed by atoms with Gasteiger partial charge in [-0.05, 0) is 44.2 Å². The van der Waals surface area contributed by atoms with E-state index in [1.165, 1.54) is 9.80 Å². The molecule has 2 saturated heterocycles. The average Bonchev–Trinajstić information content (AvgIpc) is 3.44. The van der Waals surface area contributed by atoms with Crippen molar-refractivity contribution >= 4 is 40.7 Å². The molecule has 2 fully saturated rings. The van der Waals surface area contributed by atoms with E-state index in [9.17, 15) is 19.2 Å². The van der Waals surface area contributed by atoms with Crippen molar-refractivity contribution in [3.05, 3.63) is 90.0 Å². The highest BCUT2D eigenvalue weighted by Crippen LogP contribution is 2.54. The molecule has 0 aromatic heterocycles. The molecular formula is C29H26N4O4. The number of hydrogen-bond donors (Lipinski definition) is 2. The molecule has 4 unspecified atom stereocenters. The zero-order valence-electron chi connectivity index (χ0n) is 20.5. The Morgan fingerprint density at radius 2 is 1.59 bits per heavy atom. The molecule has 186 valence electrons. The molecule has 4 atom stereocenters. The van der Waals surface area contributed by atoms with Crippen LogP contribution < -0.4 is 20.4 Å². The Kier molecular flexibility index (Phi) is 5.24. The number of hydrogen-bond acceptors (Lipinski definition) is 5. The van der Waals surface area contributed by atoms with Crippen LogP contribution in [0.5, 0.6) is 0 Å². The van der Waals surface area contributed by atoms with Crippen molar-refractivity contribution in [3.63, 3.8) is 0 Å². The summed E-state index contributed by atoms with van der Waals surface area (Å²) in [6.07, 6.45) is 0. The normalized spacial score (nSPS) is 26.1. The van der Waals surface area contributed by atoms with Crippen LogP contribution in [-0.4, -0.2) is 36.2 Å². The molecule has 3 aromatic carbocycles. The third kappa shape index (κ3) is 3.33. The van der Waals surface area contributed by atoms with Gasteiger partial charge in [0.25, 0.3) is 5.91 Å². The maximum Gasteiger partial charge on any atom is 0.253 e. The van der Waals surface area contributed by atoms with E-state index in [4.69, 9.17) is 0 Å². The zero-order chi connectivity index (χ0) is 25.9. The number of imide groups is 1. The number of amides is 4. The molecule has 0 aliphatic carbocycles. The number of nitrogens with one attached hydrogen (secondary N) is 2. The largest absolute Gasteiger partial charge is 0.325 e. The molecule has 0 bridgehead atoms. The first-order valence-electron chi connectivity index (χ1n) is 12.3. The van der Waals surface area contributed by atoms with E-state index in [0.717, 1.165) is 5.56 Å². The molecule has 1 spiro atoms. The summed E-state index contributed by atoms with van der Waals surface area (Å²) in [5.41, 5.74) is 1.87. The number of fused-ring (bicyclic) bond motifs is 4. The molecule has 3 aliphatic heterocycles. The number of rotatable bonds is 4. The second kappa shape index (κ2) is 8.38. The van der Waals surface area contributed by atoms with E-state index in [0.29, 0.717) is 22.6 Å². The molecule has 6 rings (SSSR count). The number of aryl methyl sites for hydroxylation is 1. The van der Waals surface area contributed by atoms with Crippen LogP contribution in [-0.2, 0) is 24.7 Å². The number of carbonyl (C=O) groups is 4. The fourth-order valence-electron chi connectivity index (χ4n) is 6.08. The lowest BCUT2D eigenvalue weighted by molar-refractivity contribution is -0.132. The quantitative estimate of drug-likeness (QED) is 0.544. The van der Waals surface area contributed by atoms with Gasteiger partial charge in [-0.3, -0.25) is 24.5 Å². The molecule has 8 heteroatoms. The Hall–Kier alpha value is -4.30. The van der Waals surface area contributed by atoms with Crippen LogP contribution in [0.25, 0.3) is 0 Å². The van der Waals surface area contributed by atoms with Gasteiger partial charge >= 0.3 is 0 Å². The minimum atomic E-state index is -1.43. The highest BCUT2D eigenvalue weighted by Gasteiger charge is 2.71. The molecule has 0 saturated carbocycles. The summed E-state index contributed by atoms with van der Waals surface area (Å²) in [5, 5.41) is 6.16. The first-order valence-corrected chi connectivity index (χ1v) is 12.3. The first kappa shape index (κ1) is 23.1. The highest BCUT2D eigenvalue weighted by molar-refractivity contribution is 6.26. The molecule has 2 N–H and O–H groups in total. The number of carbonyl (C=O) groups excluding carboxylic acids is 4. The van der Waals surface area contributed by atoms with E-state index < -0.39 is 35.2 Å². The van der Waals surface area contributed by atoms with Crippen molar-refractivity contribution in [1.29, 1.82) is 0 Å². The fraction of sp³-hybridized carbons (Fsp3) is 0.241. The van der Waals surface area contributed by atoms with Gasteiger partial charge in [0.15, 0.2) is 0 Å². The summed E-state index contributed by atoms with van der Waals surface area (Å²) < 4.78 is 0. The Morgan fingerprint density at radius 3 is 2.32 bits per heavy atom. The van der Waals surface area contributed by atoms with Gasteiger partial charge < -0.3 is 10.2 Å². The van der Waals surface area contributed by atoms with Crippen LogP contribution in [0.3, 0.4) is 0 Å². The third-order valence-electron chi connectivity index (χ3n) is 7.67. The standard InChI is InChI=1S/C29H26N4O4/c1-17-12-14-20(15-13-17)33-26(35)24-18(2)31-29(25(24)27(33)36)21-10-6-7-11-22(21)32(28(29)37)16-23(34)30-19-8-4-3-5-9-19/h3-15,18,24-25,31H,16H2,1-2H3,(H,30,34). The van der Waals surface area contributed by atoms with E-state index >= 15 is 0 Å². The van der Waals surface area contributed by atoms with Crippen molar-refractivity contribution in [2.24, 2.45) is 11.8 Å². The Balaban J connectivity index is 1.38. The van der Waals surface area contributed by atoms with Crippen molar-refractivity contribution in [3.8, 4) is 0 Å². The van der Waals surface area contributed by atoms with E-state index in [1.807, 2.05) is 44.2 Å². The van der Waals surface area contributed by atoms with Crippen LogP contribution in [0, 0.1) is 18.8 Å². The minimum Gasteiger partial charge on any atom is -0.325 e. The summed E-state index contributed by atoms with van der Waals surface area (Å²) in [6.45, 7) is 3.55. The average molecular weight is 495 g/mol. The van der Waals surface area contributed by atoms with Crippen LogP contribution in [0.1, 0.15) is 18.1 Å². The molecule has 0 radical (unpaired) electrons. The molecule has 3 heterocycles. The summed E-state index contributed by atoms with van der Waals surface area (Å²) in [7, 11) is 0. The van der Waals surface area contributed by atoms with Gasteiger partial charge in [-0.1, -0.05) is 54.1 Å². The lowest BCUT2D eigenvalue weighted by Crippen LogP contribution is -2.55. The molecule has 3 aliphatic rings. The predicted molar refractivity (Wildman–Crippen MR) is 139 cm³/mol. The van der Waals surface area contributed by atoms with Gasteiger partial charge in [-0.15, -0.1) is 0 Å². The lowest BCUT2D eigenvalue weighted by Gasteiger charge is -2.30. The molecule has 4 amide bonds. The highest BCUT2D eigenvalue weighted by atomic mass is 16.2. The van der Waals surface area contributed by atoms with Gasteiger partial charge in [-0.25, -0.2) is 4.90 Å². The Bertz CT molecular complexity index is 1440. The molecule has 3 aromatic rings. The van der Waals surface area contributed by atoms with Crippen LogP contribution in [0.2, 0.25) is 0 Å². The monoisotopic (exact) mass is 494 g/mol. The van der Waals surface area contributed by atoms with Gasteiger partial charge in [0.05, 0.1) is 17.5 Å². The Labute approximate surface area is 214 Å². The molecule has 8 nitrogen and oxygen atoms in total. The van der Waals surface area contributed by atoms with Gasteiger partial charge in [-0.2, -0.15) is 0 Å². The maximum atomic E-state index is 14.2. The van der Waals surface area contributed by atoms with Gasteiger partial charge in [0, 0.05) is 23.0 Å². The summed E-state index contributed by atoms with van der Waals surface area (Å²) in [5.74, 6) is -3.11. The van der Waals surface area contributed by atoms with Crippen molar-refractivity contribution in [2.45, 2.75) is 25.4 Å². The SMILES string of the molecule is Cc1ccc(N2C(=O)C3C(C)NC4(C(=O)N(CC(=O)Nc5ccccc5)c5ccccc54)C3C2=O)cc1. The summed E-state index contributed by atoms with van der Waals surface area (Å²) in [6, 6.07) is 23.0. The maximum absolute atomic E-state index is 14.2. The van der Waals surface area contributed by atoms with Crippen molar-refractivity contribution < 1.29 is 19.2 Å². The van der Waals surface area contributed by atoms with Crippen LogP contribution in [0.4, 0.5) is 17.1 Å². The van der Waals surface area contributed by atoms with Crippen LogP contribution >= 0.6 is 0 Å². The predicted octanol–water partition coefficient (Wildman–Crippen LogP) is 2.97. The zero-order valence-corrected chi connectivity index (χ0v) is 20.5. The first-order chi connectivity index (χ1) is 17.8. The lowest BCUT2D eigenvalue weighted by atomic mass is 9.76. The Morgan fingerprint density at radius 1 is 0.919 bits per heavy atom. The smallest absolute Gasteiger partial charge is 0.253 e. The van der Waals surface area contributed by atoms with Gasteiger partial charge in [0.1, 0.15) is 12.1 Å².